The van der Waals surface area contributed by atoms with Crippen molar-refractivity contribution in [2.45, 2.75) is 6.42 Å². The molecule has 0 aromatic heterocycles. The summed E-state index contributed by atoms with van der Waals surface area (Å²) in [7, 11) is 1.28. The number of carbonyl (C=O) groups excluding carboxylic acids is 2. The van der Waals surface area contributed by atoms with Crippen LogP contribution < -0.4 is 10.2 Å². The van der Waals surface area contributed by atoms with Crippen molar-refractivity contribution in [2.75, 3.05) is 43.6 Å². The number of nitrogens with zero attached hydrogens (tertiary/aromatic N) is 1. The van der Waals surface area contributed by atoms with Gasteiger partial charge in [0, 0.05) is 24.5 Å². The molecule has 1 saturated heterocycles. The van der Waals surface area contributed by atoms with Crippen molar-refractivity contribution in [3.05, 3.63) is 58.6 Å². The van der Waals surface area contributed by atoms with Crippen molar-refractivity contribution < 1.29 is 19.1 Å². The maximum atomic E-state index is 12.3. The summed E-state index contributed by atoms with van der Waals surface area (Å²) in [5.74, 6) is -0.720. The van der Waals surface area contributed by atoms with E-state index in [0.29, 0.717) is 5.69 Å². The fourth-order valence-corrected chi connectivity index (χ4v) is 3.10. The van der Waals surface area contributed by atoms with Crippen molar-refractivity contribution >= 4 is 34.9 Å². The van der Waals surface area contributed by atoms with Crippen molar-refractivity contribution in [2.24, 2.45) is 0 Å². The van der Waals surface area contributed by atoms with Gasteiger partial charge in [0.15, 0.2) is 0 Å². The lowest BCUT2D eigenvalue weighted by Crippen LogP contribution is -2.36. The van der Waals surface area contributed by atoms with Gasteiger partial charge in [-0.2, -0.15) is 0 Å². The minimum absolute atomic E-state index is 0.174. The molecule has 7 heteroatoms. The number of anilines is 2. The molecule has 0 bridgehead atoms. The Morgan fingerprint density at radius 2 is 1.85 bits per heavy atom. The molecular formula is C20H21ClN2O4. The van der Waals surface area contributed by atoms with Gasteiger partial charge in [0.25, 0.3) is 0 Å². The molecule has 0 radical (unpaired) electrons. The highest BCUT2D eigenvalue weighted by atomic mass is 35.5. The number of morpholine rings is 1. The molecule has 3 rings (SSSR count). The standard InChI is InChI=1S/C20H21ClN2O4/c1-26-20(25)17-13-15(4-7-18(17)21)22-19(24)12-14-2-5-16(6-3-14)23-8-10-27-11-9-23/h2-7,13H,8-12H2,1H3,(H,22,24). The van der Waals surface area contributed by atoms with Crippen LogP contribution in [0.2, 0.25) is 5.02 Å². The van der Waals surface area contributed by atoms with Gasteiger partial charge in [0.2, 0.25) is 5.91 Å². The summed E-state index contributed by atoms with van der Waals surface area (Å²) >= 11 is 5.99. The predicted molar refractivity (Wildman–Crippen MR) is 105 cm³/mol. The highest BCUT2D eigenvalue weighted by Gasteiger charge is 2.14. The lowest BCUT2D eigenvalue weighted by molar-refractivity contribution is -0.115. The zero-order valence-corrected chi connectivity index (χ0v) is 15.8. The molecule has 1 aliphatic heterocycles. The first-order valence-electron chi connectivity index (χ1n) is 8.66. The number of nitrogens with one attached hydrogen (secondary N) is 1. The smallest absolute Gasteiger partial charge is 0.339 e. The molecule has 0 spiro atoms. The Morgan fingerprint density at radius 1 is 1.15 bits per heavy atom. The number of ether oxygens (including phenoxy) is 2. The molecule has 1 N–H and O–H groups in total. The van der Waals surface area contributed by atoms with E-state index in [2.05, 4.69) is 15.0 Å². The number of methoxy groups -OCH3 is 1. The van der Waals surface area contributed by atoms with Gasteiger partial charge in [-0.3, -0.25) is 4.79 Å². The van der Waals surface area contributed by atoms with E-state index in [-0.39, 0.29) is 22.9 Å². The van der Waals surface area contributed by atoms with Crippen molar-refractivity contribution in [1.82, 2.24) is 0 Å². The van der Waals surface area contributed by atoms with E-state index in [9.17, 15) is 9.59 Å². The van der Waals surface area contributed by atoms with Crippen LogP contribution in [0.3, 0.4) is 0 Å². The number of benzene rings is 2. The minimum atomic E-state index is -0.546. The summed E-state index contributed by atoms with van der Waals surface area (Å²) < 4.78 is 10.0. The van der Waals surface area contributed by atoms with Gasteiger partial charge in [0.1, 0.15) is 0 Å². The Hall–Kier alpha value is -2.57. The molecule has 27 heavy (non-hydrogen) atoms. The summed E-state index contributed by atoms with van der Waals surface area (Å²) in [6.45, 7) is 3.22. The summed E-state index contributed by atoms with van der Waals surface area (Å²) in [4.78, 5) is 26.3. The van der Waals surface area contributed by atoms with Gasteiger partial charge in [-0.15, -0.1) is 0 Å². The normalized spacial score (nSPS) is 13.9. The van der Waals surface area contributed by atoms with Crippen LogP contribution in [0.5, 0.6) is 0 Å². The summed E-state index contributed by atoms with van der Waals surface area (Å²) in [6.07, 6.45) is 0.236. The molecule has 0 aliphatic carbocycles. The maximum absolute atomic E-state index is 12.3. The van der Waals surface area contributed by atoms with E-state index < -0.39 is 5.97 Å². The number of carbonyl (C=O) groups is 2. The van der Waals surface area contributed by atoms with Crippen molar-refractivity contribution in [3.8, 4) is 0 Å². The molecule has 2 aromatic carbocycles. The van der Waals surface area contributed by atoms with Gasteiger partial charge in [-0.25, -0.2) is 4.79 Å². The summed E-state index contributed by atoms with van der Waals surface area (Å²) in [5.41, 5.74) is 2.75. The van der Waals surface area contributed by atoms with Crippen LogP contribution >= 0.6 is 11.6 Å². The zero-order chi connectivity index (χ0) is 19.2. The Bertz CT molecular complexity index is 817. The third-order valence-corrected chi connectivity index (χ3v) is 4.66. The largest absolute Gasteiger partial charge is 0.465 e. The number of esters is 1. The molecule has 1 heterocycles. The molecule has 2 aromatic rings. The van der Waals surface area contributed by atoms with E-state index >= 15 is 0 Å². The predicted octanol–water partition coefficient (Wildman–Crippen LogP) is 3.14. The van der Waals surface area contributed by atoms with Gasteiger partial charge in [-0.1, -0.05) is 23.7 Å². The number of hydrogen-bond acceptors (Lipinski definition) is 5. The molecule has 1 amide bonds. The zero-order valence-electron chi connectivity index (χ0n) is 15.0. The third-order valence-electron chi connectivity index (χ3n) is 4.33. The Labute approximate surface area is 163 Å². The molecule has 6 nitrogen and oxygen atoms in total. The SMILES string of the molecule is COC(=O)c1cc(NC(=O)Cc2ccc(N3CCOCC3)cc2)ccc1Cl. The fourth-order valence-electron chi connectivity index (χ4n) is 2.91. The topological polar surface area (TPSA) is 67.9 Å². The highest BCUT2D eigenvalue weighted by molar-refractivity contribution is 6.33. The van der Waals surface area contributed by atoms with E-state index in [4.69, 9.17) is 16.3 Å². The average molecular weight is 389 g/mol. The number of amides is 1. The molecule has 1 fully saturated rings. The van der Waals surface area contributed by atoms with E-state index in [1.54, 1.807) is 12.1 Å². The molecular weight excluding hydrogens is 368 g/mol. The first-order valence-corrected chi connectivity index (χ1v) is 9.04. The lowest BCUT2D eigenvalue weighted by atomic mass is 10.1. The van der Waals surface area contributed by atoms with Crippen LogP contribution in [0.25, 0.3) is 0 Å². The molecule has 0 saturated carbocycles. The van der Waals surface area contributed by atoms with Gasteiger partial charge < -0.3 is 19.7 Å². The first kappa shape index (κ1) is 19.2. The highest BCUT2D eigenvalue weighted by Crippen LogP contribution is 2.22. The fraction of sp³-hybridized carbons (Fsp3) is 0.300. The van der Waals surface area contributed by atoms with Crippen LogP contribution in [0.4, 0.5) is 11.4 Å². The minimum Gasteiger partial charge on any atom is -0.465 e. The van der Waals surface area contributed by atoms with Crippen LogP contribution in [0.1, 0.15) is 15.9 Å². The number of halogens is 1. The Kier molecular flexibility index (Phi) is 6.32. The Morgan fingerprint density at radius 3 is 2.52 bits per heavy atom. The van der Waals surface area contributed by atoms with Crippen molar-refractivity contribution in [1.29, 1.82) is 0 Å². The van der Waals surface area contributed by atoms with E-state index in [1.807, 2.05) is 24.3 Å². The van der Waals surface area contributed by atoms with E-state index in [0.717, 1.165) is 37.6 Å². The van der Waals surface area contributed by atoms with Gasteiger partial charge in [0.05, 0.1) is 37.3 Å². The van der Waals surface area contributed by atoms with Crippen LogP contribution in [0.15, 0.2) is 42.5 Å². The first-order chi connectivity index (χ1) is 13.1. The molecule has 0 unspecified atom stereocenters. The average Bonchev–Trinajstić information content (AvgIpc) is 2.70. The quantitative estimate of drug-likeness (QED) is 0.797. The Balaban J connectivity index is 1.61. The molecule has 1 aliphatic rings. The number of hydrogen-bond donors (Lipinski definition) is 1. The molecule has 0 atom stereocenters. The second-order valence-corrected chi connectivity index (χ2v) is 6.58. The van der Waals surface area contributed by atoms with Crippen LogP contribution in [-0.2, 0) is 20.7 Å². The summed E-state index contributed by atoms with van der Waals surface area (Å²) in [6, 6.07) is 12.7. The number of rotatable bonds is 5. The monoisotopic (exact) mass is 388 g/mol. The second-order valence-electron chi connectivity index (χ2n) is 6.18. The van der Waals surface area contributed by atoms with E-state index in [1.165, 1.54) is 13.2 Å². The van der Waals surface area contributed by atoms with Gasteiger partial charge in [-0.05, 0) is 35.9 Å². The lowest BCUT2D eigenvalue weighted by Gasteiger charge is -2.28. The van der Waals surface area contributed by atoms with Crippen molar-refractivity contribution in [3.63, 3.8) is 0 Å². The maximum Gasteiger partial charge on any atom is 0.339 e. The summed E-state index contributed by atoms with van der Waals surface area (Å²) in [5, 5.41) is 3.06. The van der Waals surface area contributed by atoms with Crippen LogP contribution in [-0.4, -0.2) is 45.3 Å². The van der Waals surface area contributed by atoms with Crippen LogP contribution in [0, 0.1) is 0 Å². The van der Waals surface area contributed by atoms with Gasteiger partial charge >= 0.3 is 5.97 Å². The third kappa shape index (κ3) is 4.99. The molecule has 142 valence electrons. The second kappa shape index (κ2) is 8.88.